The van der Waals surface area contributed by atoms with Crippen molar-refractivity contribution in [1.29, 1.82) is 0 Å². The van der Waals surface area contributed by atoms with Crippen LogP contribution in [0.5, 0.6) is 0 Å². The average Bonchev–Trinajstić information content (AvgIpc) is 3.02. The SMILES string of the molecule is CC[C@H](N)C(=O)OC[C@H]1O[C@@H](n2ccc(NO)nc2=O)[C@@H]2OC(=O)C(=O)O[C@@H]21. The van der Waals surface area contributed by atoms with Crippen molar-refractivity contribution >= 4 is 23.7 Å². The van der Waals surface area contributed by atoms with Gasteiger partial charge in [0.25, 0.3) is 0 Å². The molecule has 1 aromatic rings. The van der Waals surface area contributed by atoms with Crippen LogP contribution in [0.3, 0.4) is 0 Å². The summed E-state index contributed by atoms with van der Waals surface area (Å²) < 4.78 is 21.8. The van der Waals surface area contributed by atoms with E-state index in [9.17, 15) is 19.2 Å². The molecule has 13 heteroatoms. The van der Waals surface area contributed by atoms with Crippen molar-refractivity contribution in [2.24, 2.45) is 5.73 Å². The van der Waals surface area contributed by atoms with E-state index in [0.717, 1.165) is 4.57 Å². The van der Waals surface area contributed by atoms with Crippen molar-refractivity contribution in [3.05, 3.63) is 22.7 Å². The summed E-state index contributed by atoms with van der Waals surface area (Å²) in [6.07, 6.45) is -2.88. The minimum absolute atomic E-state index is 0.109. The van der Waals surface area contributed by atoms with Crippen LogP contribution in [0, 0.1) is 0 Å². The van der Waals surface area contributed by atoms with Crippen molar-refractivity contribution in [3.63, 3.8) is 0 Å². The molecule has 0 amide bonds. The van der Waals surface area contributed by atoms with Crippen LogP contribution in [0.25, 0.3) is 0 Å². The first-order chi connectivity index (χ1) is 13.3. The maximum Gasteiger partial charge on any atom is 0.418 e. The van der Waals surface area contributed by atoms with Crippen molar-refractivity contribution < 1.29 is 38.5 Å². The zero-order valence-corrected chi connectivity index (χ0v) is 14.6. The molecule has 3 rings (SSSR count). The number of esters is 3. The van der Waals surface area contributed by atoms with Gasteiger partial charge in [0.1, 0.15) is 18.8 Å². The van der Waals surface area contributed by atoms with Gasteiger partial charge in [-0.1, -0.05) is 6.92 Å². The number of fused-ring (bicyclic) bond motifs is 1. The number of aromatic nitrogens is 2. The zero-order valence-electron chi connectivity index (χ0n) is 14.6. The van der Waals surface area contributed by atoms with Crippen molar-refractivity contribution in [2.75, 3.05) is 12.1 Å². The fraction of sp³-hybridized carbons (Fsp3) is 0.533. The molecule has 0 bridgehead atoms. The Morgan fingerprint density at radius 1 is 1.36 bits per heavy atom. The molecule has 2 fully saturated rings. The minimum atomic E-state index is -1.24. The van der Waals surface area contributed by atoms with Gasteiger partial charge >= 0.3 is 23.6 Å². The number of carbonyl (C=O) groups is 3. The van der Waals surface area contributed by atoms with E-state index < -0.39 is 54.2 Å². The molecule has 0 saturated carbocycles. The van der Waals surface area contributed by atoms with Crippen LogP contribution >= 0.6 is 0 Å². The summed E-state index contributed by atoms with van der Waals surface area (Å²) in [5.41, 5.74) is 6.48. The summed E-state index contributed by atoms with van der Waals surface area (Å²) >= 11 is 0. The van der Waals surface area contributed by atoms with Gasteiger partial charge in [-0.2, -0.15) is 4.98 Å². The zero-order chi connectivity index (χ0) is 20.4. The van der Waals surface area contributed by atoms with Crippen LogP contribution in [0.15, 0.2) is 17.1 Å². The predicted octanol–water partition coefficient (Wildman–Crippen LogP) is -1.94. The summed E-state index contributed by atoms with van der Waals surface area (Å²) in [7, 11) is 0. The highest BCUT2D eigenvalue weighted by Crippen LogP contribution is 2.35. The lowest BCUT2D eigenvalue weighted by atomic mass is 10.1. The maximum atomic E-state index is 12.2. The van der Waals surface area contributed by atoms with Crippen molar-refractivity contribution in [1.82, 2.24) is 9.55 Å². The second-order valence-corrected chi connectivity index (χ2v) is 6.06. The highest BCUT2D eigenvalue weighted by molar-refractivity contribution is 6.30. The molecule has 0 aliphatic carbocycles. The summed E-state index contributed by atoms with van der Waals surface area (Å²) in [6, 6.07) is 0.439. The number of hydrogen-bond donors (Lipinski definition) is 3. The van der Waals surface area contributed by atoms with Crippen molar-refractivity contribution in [3.8, 4) is 0 Å². The molecule has 0 aromatic carbocycles. The van der Waals surface area contributed by atoms with Crippen LogP contribution in [-0.2, 0) is 33.3 Å². The van der Waals surface area contributed by atoms with Gasteiger partial charge in [-0.25, -0.2) is 14.4 Å². The number of nitrogens with zero attached hydrogens (tertiary/aromatic N) is 2. The molecule has 13 nitrogen and oxygen atoms in total. The van der Waals surface area contributed by atoms with Crippen LogP contribution < -0.4 is 16.9 Å². The largest absolute Gasteiger partial charge is 0.462 e. The normalized spacial score (nSPS) is 27.4. The first-order valence-corrected chi connectivity index (χ1v) is 8.34. The molecule has 152 valence electrons. The van der Waals surface area contributed by atoms with Crippen LogP contribution in [0.4, 0.5) is 5.82 Å². The molecule has 1 aromatic heterocycles. The molecule has 2 aliphatic heterocycles. The summed E-state index contributed by atoms with van der Waals surface area (Å²) in [6.45, 7) is 1.37. The Hall–Kier alpha value is -3.03. The lowest BCUT2D eigenvalue weighted by Gasteiger charge is -2.28. The first kappa shape index (κ1) is 19.7. The molecule has 0 radical (unpaired) electrons. The number of ether oxygens (including phenoxy) is 4. The Balaban J connectivity index is 1.83. The summed E-state index contributed by atoms with van der Waals surface area (Å²) in [5.74, 6) is -3.25. The van der Waals surface area contributed by atoms with Gasteiger partial charge in [0, 0.05) is 6.20 Å². The van der Waals surface area contributed by atoms with Gasteiger partial charge in [0.15, 0.2) is 24.3 Å². The molecule has 5 atom stereocenters. The fourth-order valence-electron chi connectivity index (χ4n) is 2.78. The van der Waals surface area contributed by atoms with Crippen LogP contribution in [0.2, 0.25) is 0 Å². The molecule has 2 saturated heterocycles. The minimum Gasteiger partial charge on any atom is -0.462 e. The average molecular weight is 398 g/mol. The van der Waals surface area contributed by atoms with Crippen molar-refractivity contribution in [2.45, 2.75) is 43.9 Å². The monoisotopic (exact) mass is 398 g/mol. The third-order valence-electron chi connectivity index (χ3n) is 4.29. The predicted molar refractivity (Wildman–Crippen MR) is 86.8 cm³/mol. The topological polar surface area (TPSA) is 181 Å². The van der Waals surface area contributed by atoms with Crippen LogP contribution in [0.1, 0.15) is 19.6 Å². The van der Waals surface area contributed by atoms with Gasteiger partial charge in [-0.15, -0.1) is 0 Å². The summed E-state index contributed by atoms with van der Waals surface area (Å²) in [4.78, 5) is 50.7. The highest BCUT2D eigenvalue weighted by atomic mass is 16.7. The van der Waals surface area contributed by atoms with Gasteiger partial charge in [0.2, 0.25) is 0 Å². The number of carbonyl (C=O) groups excluding carboxylic acids is 3. The van der Waals surface area contributed by atoms with E-state index in [1.54, 1.807) is 12.4 Å². The fourth-order valence-corrected chi connectivity index (χ4v) is 2.78. The first-order valence-electron chi connectivity index (χ1n) is 8.34. The number of nitrogens with two attached hydrogens (primary N) is 1. The molecular formula is C15H18N4O9. The number of rotatable bonds is 6. The Morgan fingerprint density at radius 3 is 2.64 bits per heavy atom. The molecular weight excluding hydrogens is 380 g/mol. The van der Waals surface area contributed by atoms with E-state index in [1.165, 1.54) is 12.3 Å². The Kier molecular flexibility index (Phi) is 5.58. The number of hydrogen-bond acceptors (Lipinski definition) is 12. The second kappa shape index (κ2) is 7.92. The third-order valence-corrected chi connectivity index (χ3v) is 4.29. The van der Waals surface area contributed by atoms with Gasteiger partial charge in [-0.3, -0.25) is 20.0 Å². The second-order valence-electron chi connectivity index (χ2n) is 6.06. The van der Waals surface area contributed by atoms with E-state index >= 15 is 0 Å². The molecule has 28 heavy (non-hydrogen) atoms. The standard InChI is InChI=1S/C15H18N4O9/c1-2-6(16)12(20)25-5-7-9-10(28-14(22)13(21)27-9)11(26-7)19-4-3-8(18-24)17-15(19)23/h3-4,6-7,9-11,24H,2,5,16H2,1H3,(H,17,18,23)/t6-,7+,9+,10+,11+/m0/s1. The lowest BCUT2D eigenvalue weighted by Crippen LogP contribution is -2.49. The third kappa shape index (κ3) is 3.67. The molecule has 4 N–H and O–H groups in total. The van der Waals surface area contributed by atoms with Gasteiger partial charge < -0.3 is 24.7 Å². The smallest absolute Gasteiger partial charge is 0.418 e. The van der Waals surface area contributed by atoms with E-state index in [2.05, 4.69) is 4.98 Å². The Bertz CT molecular complexity index is 841. The van der Waals surface area contributed by atoms with E-state index in [-0.39, 0.29) is 12.4 Å². The van der Waals surface area contributed by atoms with E-state index in [4.69, 9.17) is 29.9 Å². The molecule has 0 spiro atoms. The van der Waals surface area contributed by atoms with Crippen LogP contribution in [-0.4, -0.2) is 63.6 Å². The number of anilines is 1. The molecule has 2 aliphatic rings. The van der Waals surface area contributed by atoms with Gasteiger partial charge in [-0.05, 0) is 12.5 Å². The Morgan fingerprint density at radius 2 is 2.04 bits per heavy atom. The number of nitrogens with one attached hydrogen (secondary N) is 1. The molecule has 0 unspecified atom stereocenters. The molecule has 3 heterocycles. The Labute approximate surface area is 157 Å². The lowest BCUT2D eigenvalue weighted by molar-refractivity contribution is -0.195. The maximum absolute atomic E-state index is 12.2. The highest BCUT2D eigenvalue weighted by Gasteiger charge is 2.55. The van der Waals surface area contributed by atoms with Gasteiger partial charge in [0.05, 0.1) is 0 Å². The summed E-state index contributed by atoms with van der Waals surface area (Å²) in [5, 5.41) is 8.82. The van der Waals surface area contributed by atoms with E-state index in [1.807, 2.05) is 0 Å². The quantitative estimate of drug-likeness (QED) is 0.209. The van der Waals surface area contributed by atoms with E-state index in [0.29, 0.717) is 6.42 Å².